The fourth-order valence-electron chi connectivity index (χ4n) is 2.80. The lowest BCUT2D eigenvalue weighted by Gasteiger charge is -2.30. The molecule has 0 amide bonds. The van der Waals surface area contributed by atoms with Crippen molar-refractivity contribution in [2.24, 2.45) is 5.92 Å². The fraction of sp³-hybridized carbons (Fsp3) is 0.444. The van der Waals surface area contributed by atoms with E-state index in [9.17, 15) is 0 Å². The van der Waals surface area contributed by atoms with Gasteiger partial charge in [-0.05, 0) is 42.9 Å². The van der Waals surface area contributed by atoms with Gasteiger partial charge >= 0.3 is 0 Å². The Bertz CT molecular complexity index is 618. The lowest BCUT2D eigenvalue weighted by atomic mass is 10.00. The van der Waals surface area contributed by atoms with Crippen LogP contribution in [0.1, 0.15) is 30.9 Å². The van der Waals surface area contributed by atoms with E-state index in [4.69, 9.17) is 0 Å². The van der Waals surface area contributed by atoms with Crippen molar-refractivity contribution in [1.29, 1.82) is 0 Å². The topological polar surface area (TPSA) is 41.1 Å². The van der Waals surface area contributed by atoms with Crippen LogP contribution < -0.4 is 10.2 Å². The molecule has 0 atom stereocenters. The van der Waals surface area contributed by atoms with Crippen molar-refractivity contribution in [3.05, 3.63) is 47.7 Å². The molecule has 3 rings (SSSR count). The molecule has 1 aliphatic rings. The smallest absolute Gasteiger partial charge is 0.227 e. The van der Waals surface area contributed by atoms with Crippen molar-refractivity contribution >= 4 is 11.8 Å². The van der Waals surface area contributed by atoms with Crippen molar-refractivity contribution < 1.29 is 0 Å². The van der Waals surface area contributed by atoms with Crippen LogP contribution in [-0.2, 0) is 6.54 Å². The molecule has 116 valence electrons. The maximum atomic E-state index is 4.67. The number of rotatable bonds is 4. The van der Waals surface area contributed by atoms with Gasteiger partial charge in [-0.15, -0.1) is 0 Å². The second-order valence-electron chi connectivity index (χ2n) is 6.19. The van der Waals surface area contributed by atoms with Gasteiger partial charge in [-0.1, -0.05) is 31.2 Å². The fourth-order valence-corrected chi connectivity index (χ4v) is 2.80. The lowest BCUT2D eigenvalue weighted by Crippen LogP contribution is -2.34. The average Bonchev–Trinajstić information content (AvgIpc) is 2.55. The Morgan fingerprint density at radius 1 is 1.18 bits per heavy atom. The standard InChI is InChI=1S/C18H24N4/c1-14-8-11-22(12-9-14)18-19-10-7-17(21-18)20-13-16-6-4-3-5-15(16)2/h3-7,10,14H,8-9,11-13H2,1-2H3,(H,19,20,21). The van der Waals surface area contributed by atoms with Crippen LogP contribution in [0.4, 0.5) is 11.8 Å². The van der Waals surface area contributed by atoms with Crippen molar-refractivity contribution in [3.8, 4) is 0 Å². The third-order valence-electron chi connectivity index (χ3n) is 4.43. The molecule has 1 aliphatic heterocycles. The van der Waals surface area contributed by atoms with E-state index in [0.29, 0.717) is 0 Å². The second-order valence-corrected chi connectivity index (χ2v) is 6.19. The summed E-state index contributed by atoms with van der Waals surface area (Å²) in [4.78, 5) is 11.4. The number of benzene rings is 1. The molecule has 0 aliphatic carbocycles. The summed E-state index contributed by atoms with van der Waals surface area (Å²) >= 11 is 0. The van der Waals surface area contributed by atoms with Crippen LogP contribution in [0.2, 0.25) is 0 Å². The maximum Gasteiger partial charge on any atom is 0.227 e. The van der Waals surface area contributed by atoms with E-state index in [1.807, 2.05) is 12.3 Å². The van der Waals surface area contributed by atoms with E-state index in [0.717, 1.165) is 37.3 Å². The molecule has 0 bridgehead atoms. The molecule has 4 nitrogen and oxygen atoms in total. The highest BCUT2D eigenvalue weighted by Gasteiger charge is 2.18. The largest absolute Gasteiger partial charge is 0.366 e. The van der Waals surface area contributed by atoms with Crippen LogP contribution >= 0.6 is 0 Å². The van der Waals surface area contributed by atoms with E-state index < -0.39 is 0 Å². The molecule has 1 saturated heterocycles. The first-order valence-corrected chi connectivity index (χ1v) is 8.09. The zero-order valence-electron chi connectivity index (χ0n) is 13.4. The molecule has 2 heterocycles. The predicted molar refractivity (Wildman–Crippen MR) is 91.1 cm³/mol. The van der Waals surface area contributed by atoms with Gasteiger partial charge in [0.25, 0.3) is 0 Å². The van der Waals surface area contributed by atoms with Crippen molar-refractivity contribution in [2.45, 2.75) is 33.2 Å². The highest BCUT2D eigenvalue weighted by molar-refractivity contribution is 5.42. The Labute approximate surface area is 132 Å². The zero-order valence-corrected chi connectivity index (χ0v) is 13.4. The molecule has 1 N–H and O–H groups in total. The number of nitrogens with one attached hydrogen (secondary N) is 1. The van der Waals surface area contributed by atoms with Crippen LogP contribution in [0.5, 0.6) is 0 Å². The first-order chi connectivity index (χ1) is 10.7. The number of aromatic nitrogens is 2. The Hall–Kier alpha value is -2.10. The minimum absolute atomic E-state index is 0.792. The van der Waals surface area contributed by atoms with E-state index in [1.54, 1.807) is 0 Å². The summed E-state index contributed by atoms with van der Waals surface area (Å²) in [6, 6.07) is 10.4. The van der Waals surface area contributed by atoms with Gasteiger partial charge in [0.1, 0.15) is 5.82 Å². The predicted octanol–water partition coefficient (Wildman–Crippen LogP) is 3.63. The van der Waals surface area contributed by atoms with Gasteiger partial charge in [0, 0.05) is 25.8 Å². The summed E-state index contributed by atoms with van der Waals surface area (Å²) in [5.41, 5.74) is 2.60. The van der Waals surface area contributed by atoms with Crippen molar-refractivity contribution in [3.63, 3.8) is 0 Å². The van der Waals surface area contributed by atoms with Crippen molar-refractivity contribution in [2.75, 3.05) is 23.3 Å². The summed E-state index contributed by atoms with van der Waals surface area (Å²) in [5, 5.41) is 3.41. The first kappa shape index (κ1) is 14.8. The Balaban J connectivity index is 1.65. The van der Waals surface area contributed by atoms with Crippen LogP contribution in [0.3, 0.4) is 0 Å². The maximum absolute atomic E-state index is 4.67. The average molecular weight is 296 g/mol. The zero-order chi connectivity index (χ0) is 15.4. The van der Waals surface area contributed by atoms with Gasteiger partial charge in [-0.2, -0.15) is 4.98 Å². The van der Waals surface area contributed by atoms with E-state index in [2.05, 4.69) is 58.3 Å². The van der Waals surface area contributed by atoms with Crippen molar-refractivity contribution in [1.82, 2.24) is 9.97 Å². The number of anilines is 2. The van der Waals surface area contributed by atoms with Crippen LogP contribution in [-0.4, -0.2) is 23.1 Å². The normalized spacial score (nSPS) is 15.8. The molecule has 0 saturated carbocycles. The van der Waals surface area contributed by atoms with Gasteiger partial charge in [0.2, 0.25) is 5.95 Å². The minimum atomic E-state index is 0.792. The minimum Gasteiger partial charge on any atom is -0.366 e. The Morgan fingerprint density at radius 2 is 1.95 bits per heavy atom. The quantitative estimate of drug-likeness (QED) is 0.935. The SMILES string of the molecule is Cc1ccccc1CNc1ccnc(N2CCC(C)CC2)n1. The summed E-state index contributed by atoms with van der Waals surface area (Å²) in [5.74, 6) is 2.56. The van der Waals surface area contributed by atoms with Crippen LogP contribution in [0.15, 0.2) is 36.5 Å². The van der Waals surface area contributed by atoms with Gasteiger partial charge in [-0.25, -0.2) is 4.98 Å². The van der Waals surface area contributed by atoms with E-state index in [-0.39, 0.29) is 0 Å². The van der Waals surface area contributed by atoms with Gasteiger partial charge in [0.15, 0.2) is 0 Å². The molecule has 22 heavy (non-hydrogen) atoms. The van der Waals surface area contributed by atoms with Crippen LogP contribution in [0.25, 0.3) is 0 Å². The molecule has 2 aromatic rings. The number of aryl methyl sites for hydroxylation is 1. The number of piperidine rings is 1. The molecule has 0 unspecified atom stereocenters. The highest BCUT2D eigenvalue weighted by atomic mass is 15.3. The number of hydrogen-bond donors (Lipinski definition) is 1. The van der Waals surface area contributed by atoms with Crippen LogP contribution in [0, 0.1) is 12.8 Å². The molecule has 4 heteroatoms. The third-order valence-corrected chi connectivity index (χ3v) is 4.43. The molecular formula is C18H24N4. The second kappa shape index (κ2) is 6.77. The van der Waals surface area contributed by atoms with E-state index in [1.165, 1.54) is 24.0 Å². The molecule has 1 aromatic heterocycles. The number of nitrogens with zero attached hydrogens (tertiary/aromatic N) is 3. The Morgan fingerprint density at radius 3 is 2.73 bits per heavy atom. The van der Waals surface area contributed by atoms with Gasteiger partial charge in [0.05, 0.1) is 0 Å². The summed E-state index contributed by atoms with van der Waals surface area (Å²) < 4.78 is 0. The third kappa shape index (κ3) is 3.56. The molecule has 0 radical (unpaired) electrons. The van der Waals surface area contributed by atoms with Gasteiger partial charge in [-0.3, -0.25) is 0 Å². The first-order valence-electron chi connectivity index (χ1n) is 8.09. The molecule has 0 spiro atoms. The Kier molecular flexibility index (Phi) is 4.56. The summed E-state index contributed by atoms with van der Waals surface area (Å²) in [6.45, 7) is 7.36. The number of hydrogen-bond acceptors (Lipinski definition) is 4. The van der Waals surface area contributed by atoms with Gasteiger partial charge < -0.3 is 10.2 Å². The molecule has 1 fully saturated rings. The molecule has 1 aromatic carbocycles. The summed E-state index contributed by atoms with van der Waals surface area (Å²) in [6.07, 6.45) is 4.30. The molecular weight excluding hydrogens is 272 g/mol. The monoisotopic (exact) mass is 296 g/mol. The lowest BCUT2D eigenvalue weighted by molar-refractivity contribution is 0.434. The van der Waals surface area contributed by atoms with E-state index >= 15 is 0 Å². The summed E-state index contributed by atoms with van der Waals surface area (Å²) in [7, 11) is 0. The highest BCUT2D eigenvalue weighted by Crippen LogP contribution is 2.21.